The summed E-state index contributed by atoms with van der Waals surface area (Å²) in [6, 6.07) is 14.8. The number of carbonyl (C=O) groups excluding carboxylic acids is 1. The molecular formula is C16H15N3O. The monoisotopic (exact) mass is 265 g/mol. The number of hydrogen-bond acceptors (Lipinski definition) is 3. The minimum absolute atomic E-state index is 0.0226. The number of nitriles is 1. The highest BCUT2D eigenvalue weighted by Crippen LogP contribution is 2.04. The molecule has 0 atom stereocenters. The molecule has 4 nitrogen and oxygen atoms in total. The molecule has 4 heteroatoms. The molecule has 1 aromatic heterocycles. The van der Waals surface area contributed by atoms with Gasteiger partial charge in [0.15, 0.2) is 0 Å². The maximum atomic E-state index is 11.8. The molecule has 1 aromatic carbocycles. The van der Waals surface area contributed by atoms with Crippen molar-refractivity contribution < 1.29 is 4.79 Å². The van der Waals surface area contributed by atoms with Crippen LogP contribution in [-0.4, -0.2) is 17.4 Å². The lowest BCUT2D eigenvalue weighted by Crippen LogP contribution is -2.27. The molecule has 1 heterocycles. The molecule has 1 N–H and O–H groups in total. The number of carbonyl (C=O) groups is 1. The molecule has 20 heavy (non-hydrogen) atoms. The van der Waals surface area contributed by atoms with E-state index in [0.29, 0.717) is 18.5 Å². The molecule has 1 amide bonds. The van der Waals surface area contributed by atoms with E-state index in [1.165, 1.54) is 0 Å². The second-order valence-electron chi connectivity index (χ2n) is 4.41. The summed E-state index contributed by atoms with van der Waals surface area (Å²) in [5, 5.41) is 11.6. The summed E-state index contributed by atoms with van der Waals surface area (Å²) in [5.41, 5.74) is 2.47. The van der Waals surface area contributed by atoms with Crippen molar-refractivity contribution in [3.63, 3.8) is 0 Å². The predicted octanol–water partition coefficient (Wildman–Crippen LogP) is 1.85. The first-order chi connectivity index (χ1) is 9.78. The van der Waals surface area contributed by atoms with Crippen LogP contribution in [0.15, 0.2) is 48.7 Å². The summed E-state index contributed by atoms with van der Waals surface area (Å²) < 4.78 is 0. The van der Waals surface area contributed by atoms with Crippen LogP contribution in [0.4, 0.5) is 0 Å². The van der Waals surface area contributed by atoms with Crippen molar-refractivity contribution in [2.45, 2.75) is 12.8 Å². The lowest BCUT2D eigenvalue weighted by molar-refractivity contribution is -0.120. The van der Waals surface area contributed by atoms with Crippen LogP contribution in [0.25, 0.3) is 0 Å². The Bertz CT molecular complexity index is 600. The van der Waals surface area contributed by atoms with E-state index >= 15 is 0 Å². The second kappa shape index (κ2) is 7.05. The third-order valence-corrected chi connectivity index (χ3v) is 2.88. The first-order valence-corrected chi connectivity index (χ1v) is 6.43. The fraction of sp³-hybridized carbons (Fsp3) is 0.188. The fourth-order valence-corrected chi connectivity index (χ4v) is 1.82. The van der Waals surface area contributed by atoms with Crippen LogP contribution in [-0.2, 0) is 17.6 Å². The summed E-state index contributed by atoms with van der Waals surface area (Å²) in [5.74, 6) is -0.0226. The first kappa shape index (κ1) is 13.8. The molecule has 2 rings (SSSR count). The van der Waals surface area contributed by atoms with Crippen LogP contribution >= 0.6 is 0 Å². The van der Waals surface area contributed by atoms with E-state index in [0.717, 1.165) is 17.7 Å². The third-order valence-electron chi connectivity index (χ3n) is 2.88. The van der Waals surface area contributed by atoms with Crippen molar-refractivity contribution >= 4 is 5.91 Å². The molecule has 0 saturated heterocycles. The van der Waals surface area contributed by atoms with E-state index < -0.39 is 0 Å². The molecule has 0 saturated carbocycles. The minimum Gasteiger partial charge on any atom is -0.355 e. The Morgan fingerprint density at radius 1 is 1.20 bits per heavy atom. The summed E-state index contributed by atoms with van der Waals surface area (Å²) in [4.78, 5) is 16.0. The fourth-order valence-electron chi connectivity index (χ4n) is 1.82. The van der Waals surface area contributed by atoms with Crippen molar-refractivity contribution in [3.8, 4) is 6.07 Å². The SMILES string of the molecule is N#Cc1ccc(CC(=O)NCCc2ccccn2)cc1. The lowest BCUT2D eigenvalue weighted by atomic mass is 10.1. The van der Waals surface area contributed by atoms with E-state index in [9.17, 15) is 4.79 Å². The molecule has 0 aliphatic heterocycles. The first-order valence-electron chi connectivity index (χ1n) is 6.43. The molecule has 2 aromatic rings. The Balaban J connectivity index is 1.76. The molecule has 0 fully saturated rings. The number of nitrogens with one attached hydrogen (secondary N) is 1. The number of rotatable bonds is 5. The van der Waals surface area contributed by atoms with Gasteiger partial charge in [-0.3, -0.25) is 9.78 Å². The number of amides is 1. The van der Waals surface area contributed by atoms with E-state index in [2.05, 4.69) is 16.4 Å². The van der Waals surface area contributed by atoms with Crippen molar-refractivity contribution in [2.24, 2.45) is 0 Å². The van der Waals surface area contributed by atoms with Crippen LogP contribution in [0.3, 0.4) is 0 Å². The number of benzene rings is 1. The van der Waals surface area contributed by atoms with Crippen LogP contribution in [0.5, 0.6) is 0 Å². The van der Waals surface area contributed by atoms with Gasteiger partial charge in [0, 0.05) is 24.9 Å². The van der Waals surface area contributed by atoms with Crippen LogP contribution in [0.1, 0.15) is 16.8 Å². The smallest absolute Gasteiger partial charge is 0.224 e. The van der Waals surface area contributed by atoms with Crippen molar-refractivity contribution in [1.29, 1.82) is 5.26 Å². The zero-order valence-electron chi connectivity index (χ0n) is 11.0. The zero-order chi connectivity index (χ0) is 14.2. The van der Waals surface area contributed by atoms with Crippen LogP contribution in [0.2, 0.25) is 0 Å². The van der Waals surface area contributed by atoms with Gasteiger partial charge in [-0.2, -0.15) is 5.26 Å². The maximum Gasteiger partial charge on any atom is 0.224 e. The number of nitrogens with zero attached hydrogens (tertiary/aromatic N) is 2. The average molecular weight is 265 g/mol. The molecule has 0 radical (unpaired) electrons. The average Bonchev–Trinajstić information content (AvgIpc) is 2.49. The Kier molecular flexibility index (Phi) is 4.85. The summed E-state index contributed by atoms with van der Waals surface area (Å²) in [6.45, 7) is 0.576. The largest absolute Gasteiger partial charge is 0.355 e. The highest BCUT2D eigenvalue weighted by molar-refractivity contribution is 5.78. The summed E-state index contributed by atoms with van der Waals surface area (Å²) >= 11 is 0. The van der Waals surface area contributed by atoms with Crippen LogP contribution in [0, 0.1) is 11.3 Å². The number of hydrogen-bond donors (Lipinski definition) is 1. The Morgan fingerprint density at radius 3 is 2.65 bits per heavy atom. The Labute approximate surface area is 118 Å². The van der Waals surface area contributed by atoms with Gasteiger partial charge >= 0.3 is 0 Å². The highest BCUT2D eigenvalue weighted by atomic mass is 16.1. The van der Waals surface area contributed by atoms with Crippen LogP contribution < -0.4 is 5.32 Å². The summed E-state index contributed by atoms with van der Waals surface area (Å²) in [7, 11) is 0. The lowest BCUT2D eigenvalue weighted by Gasteiger charge is -2.05. The Morgan fingerprint density at radius 2 is 2.00 bits per heavy atom. The van der Waals surface area contributed by atoms with Gasteiger partial charge in [0.1, 0.15) is 0 Å². The van der Waals surface area contributed by atoms with E-state index in [-0.39, 0.29) is 5.91 Å². The second-order valence-corrected chi connectivity index (χ2v) is 4.41. The Hall–Kier alpha value is -2.67. The topological polar surface area (TPSA) is 65.8 Å². The quantitative estimate of drug-likeness (QED) is 0.897. The highest BCUT2D eigenvalue weighted by Gasteiger charge is 2.03. The van der Waals surface area contributed by atoms with Gasteiger partial charge in [-0.25, -0.2) is 0 Å². The zero-order valence-corrected chi connectivity index (χ0v) is 11.0. The van der Waals surface area contributed by atoms with Crippen molar-refractivity contribution in [1.82, 2.24) is 10.3 Å². The van der Waals surface area contributed by atoms with Crippen molar-refractivity contribution in [3.05, 3.63) is 65.5 Å². The van der Waals surface area contributed by atoms with E-state index in [1.807, 2.05) is 18.2 Å². The minimum atomic E-state index is -0.0226. The summed E-state index contributed by atoms with van der Waals surface area (Å²) in [6.07, 6.45) is 2.79. The van der Waals surface area contributed by atoms with Gasteiger partial charge in [0.25, 0.3) is 0 Å². The van der Waals surface area contributed by atoms with Gasteiger partial charge in [-0.1, -0.05) is 18.2 Å². The molecule has 0 aliphatic carbocycles. The van der Waals surface area contributed by atoms with Gasteiger partial charge < -0.3 is 5.32 Å². The van der Waals surface area contributed by atoms with Gasteiger partial charge in [0.2, 0.25) is 5.91 Å². The number of pyridine rings is 1. The van der Waals surface area contributed by atoms with E-state index in [4.69, 9.17) is 5.26 Å². The van der Waals surface area contributed by atoms with Gasteiger partial charge in [0.05, 0.1) is 18.1 Å². The normalized spacial score (nSPS) is 9.75. The van der Waals surface area contributed by atoms with Gasteiger partial charge in [-0.15, -0.1) is 0 Å². The molecular weight excluding hydrogens is 250 g/mol. The standard InChI is InChI=1S/C16H15N3O/c17-12-14-6-4-13(5-7-14)11-16(20)19-10-8-15-3-1-2-9-18-15/h1-7,9H,8,10-11H2,(H,19,20). The third kappa shape index (κ3) is 4.21. The molecule has 0 bridgehead atoms. The molecule has 0 aliphatic rings. The van der Waals surface area contributed by atoms with Crippen molar-refractivity contribution in [2.75, 3.05) is 6.54 Å². The molecule has 0 unspecified atom stereocenters. The maximum absolute atomic E-state index is 11.8. The molecule has 100 valence electrons. The number of aromatic nitrogens is 1. The molecule has 0 spiro atoms. The van der Waals surface area contributed by atoms with E-state index in [1.54, 1.807) is 30.5 Å². The van der Waals surface area contributed by atoms with Gasteiger partial charge in [-0.05, 0) is 29.8 Å². The predicted molar refractivity (Wildman–Crippen MR) is 75.8 cm³/mol.